The van der Waals surface area contributed by atoms with Gasteiger partial charge in [0.1, 0.15) is 12.0 Å². The average Bonchev–Trinajstić information content (AvgIpc) is 3.46. The minimum absolute atomic E-state index is 0.110. The van der Waals surface area contributed by atoms with Gasteiger partial charge < -0.3 is 0 Å². The van der Waals surface area contributed by atoms with Gasteiger partial charge in [-0.25, -0.2) is 9.96 Å². The molecule has 2 aliphatic heterocycles. The Kier molecular flexibility index (Phi) is 4.34. The van der Waals surface area contributed by atoms with E-state index >= 15 is 0 Å². The predicted molar refractivity (Wildman–Crippen MR) is 110 cm³/mol. The van der Waals surface area contributed by atoms with Gasteiger partial charge in [-0.15, -0.1) is 11.3 Å². The van der Waals surface area contributed by atoms with E-state index in [2.05, 4.69) is 0 Å². The molecule has 2 fully saturated rings. The highest BCUT2D eigenvalue weighted by atomic mass is 32.1. The van der Waals surface area contributed by atoms with E-state index in [-0.39, 0.29) is 11.6 Å². The molecule has 3 atom stereocenters. The molecule has 3 aromatic rings. The summed E-state index contributed by atoms with van der Waals surface area (Å²) >= 11 is 1.49. The van der Waals surface area contributed by atoms with Crippen LogP contribution in [0.15, 0.2) is 72.1 Å². The van der Waals surface area contributed by atoms with Gasteiger partial charge in [0.05, 0.1) is 16.3 Å². The van der Waals surface area contributed by atoms with Crippen molar-refractivity contribution in [2.24, 2.45) is 5.92 Å². The number of nitro groups is 1. The molecule has 150 valence electrons. The summed E-state index contributed by atoms with van der Waals surface area (Å²) in [5, 5.41) is 14.5. The van der Waals surface area contributed by atoms with Gasteiger partial charge in [-0.3, -0.25) is 24.5 Å². The maximum absolute atomic E-state index is 13.4. The summed E-state index contributed by atoms with van der Waals surface area (Å²) in [6.45, 7) is 0. The summed E-state index contributed by atoms with van der Waals surface area (Å²) in [5.74, 6) is -1.57. The number of hydroxylamine groups is 1. The highest BCUT2D eigenvalue weighted by molar-refractivity contribution is 7.10. The van der Waals surface area contributed by atoms with Crippen molar-refractivity contribution in [1.29, 1.82) is 0 Å². The molecule has 0 radical (unpaired) electrons. The summed E-state index contributed by atoms with van der Waals surface area (Å²) in [5.41, 5.74) is 0.943. The lowest BCUT2D eigenvalue weighted by Crippen LogP contribution is -2.37. The highest BCUT2D eigenvalue weighted by Crippen LogP contribution is 2.48. The van der Waals surface area contributed by atoms with Gasteiger partial charge >= 0.3 is 0 Å². The molecule has 3 heterocycles. The SMILES string of the molecule is O=C1[C@H]2[C@H](ON(c3ccccc3)[C@@H]2c2cccs2)C(=O)N1c1ccc([N+](=O)[O-])cc1. The molecule has 2 aliphatic rings. The van der Waals surface area contributed by atoms with Crippen LogP contribution in [0, 0.1) is 16.0 Å². The smallest absolute Gasteiger partial charge is 0.269 e. The van der Waals surface area contributed by atoms with Crippen molar-refractivity contribution in [2.75, 3.05) is 9.96 Å². The number of amides is 2. The molecule has 0 saturated carbocycles. The number of hydrogen-bond donors (Lipinski definition) is 0. The quantitative estimate of drug-likeness (QED) is 0.362. The van der Waals surface area contributed by atoms with Crippen molar-refractivity contribution in [3.8, 4) is 0 Å². The Morgan fingerprint density at radius 2 is 1.63 bits per heavy atom. The largest absolute Gasteiger partial charge is 0.273 e. The zero-order valence-electron chi connectivity index (χ0n) is 15.5. The Balaban J connectivity index is 1.53. The molecule has 30 heavy (non-hydrogen) atoms. The number of nitro benzene ring substituents is 1. The summed E-state index contributed by atoms with van der Waals surface area (Å²) in [4.78, 5) is 44.9. The summed E-state index contributed by atoms with van der Waals surface area (Å²) in [6, 6.07) is 18.1. The summed E-state index contributed by atoms with van der Waals surface area (Å²) in [7, 11) is 0. The van der Waals surface area contributed by atoms with Crippen molar-refractivity contribution in [3.05, 3.63) is 87.1 Å². The number of imide groups is 1. The Morgan fingerprint density at radius 3 is 2.27 bits per heavy atom. The predicted octanol–water partition coefficient (Wildman–Crippen LogP) is 3.71. The summed E-state index contributed by atoms with van der Waals surface area (Å²) in [6.07, 6.45) is -0.958. The Labute approximate surface area is 175 Å². The first-order valence-electron chi connectivity index (χ1n) is 9.23. The van der Waals surface area contributed by atoms with Crippen LogP contribution >= 0.6 is 11.3 Å². The average molecular weight is 421 g/mol. The van der Waals surface area contributed by atoms with Crippen molar-refractivity contribution in [1.82, 2.24) is 0 Å². The fourth-order valence-electron chi connectivity index (χ4n) is 3.94. The molecule has 2 amide bonds. The van der Waals surface area contributed by atoms with Gasteiger partial charge in [0, 0.05) is 17.0 Å². The van der Waals surface area contributed by atoms with E-state index in [1.54, 1.807) is 5.06 Å². The minimum atomic E-state index is -0.958. The van der Waals surface area contributed by atoms with E-state index in [0.29, 0.717) is 5.69 Å². The second kappa shape index (κ2) is 7.05. The van der Waals surface area contributed by atoms with E-state index in [9.17, 15) is 19.7 Å². The van der Waals surface area contributed by atoms with Crippen LogP contribution in [0.5, 0.6) is 0 Å². The first-order valence-corrected chi connectivity index (χ1v) is 10.1. The van der Waals surface area contributed by atoms with Crippen LogP contribution in [-0.4, -0.2) is 22.8 Å². The number of thiophene rings is 1. The number of non-ortho nitro benzene ring substituents is 1. The fraction of sp³-hybridized carbons (Fsp3) is 0.143. The first-order chi connectivity index (χ1) is 14.6. The van der Waals surface area contributed by atoms with Crippen molar-refractivity contribution < 1.29 is 19.3 Å². The third-order valence-electron chi connectivity index (χ3n) is 5.28. The van der Waals surface area contributed by atoms with Crippen LogP contribution in [0.25, 0.3) is 0 Å². The molecule has 9 heteroatoms. The lowest BCUT2D eigenvalue weighted by Gasteiger charge is -2.27. The molecular weight excluding hydrogens is 406 g/mol. The van der Waals surface area contributed by atoms with Crippen molar-refractivity contribution >= 4 is 40.2 Å². The zero-order valence-corrected chi connectivity index (χ0v) is 16.3. The third kappa shape index (κ3) is 2.78. The van der Waals surface area contributed by atoms with Crippen molar-refractivity contribution in [3.63, 3.8) is 0 Å². The maximum atomic E-state index is 13.4. The number of carbonyl (C=O) groups is 2. The molecule has 0 aliphatic carbocycles. The van der Waals surface area contributed by atoms with Crippen LogP contribution in [0.4, 0.5) is 17.1 Å². The minimum Gasteiger partial charge on any atom is -0.273 e. The van der Waals surface area contributed by atoms with Crippen LogP contribution in [0.2, 0.25) is 0 Å². The molecule has 0 bridgehead atoms. The number of hydrogen-bond acceptors (Lipinski definition) is 7. The number of para-hydroxylation sites is 1. The molecule has 0 spiro atoms. The van der Waals surface area contributed by atoms with E-state index in [0.717, 1.165) is 15.5 Å². The topological polar surface area (TPSA) is 93.0 Å². The lowest BCUT2D eigenvalue weighted by atomic mass is 9.95. The number of benzene rings is 2. The summed E-state index contributed by atoms with van der Waals surface area (Å²) < 4.78 is 0. The molecule has 2 aromatic carbocycles. The first kappa shape index (κ1) is 18.5. The van der Waals surface area contributed by atoms with Gasteiger partial charge in [0.15, 0.2) is 6.10 Å². The van der Waals surface area contributed by atoms with E-state index in [1.807, 2.05) is 47.8 Å². The molecule has 0 unspecified atom stereocenters. The Hall–Kier alpha value is -3.56. The van der Waals surface area contributed by atoms with Gasteiger partial charge in [0.2, 0.25) is 5.91 Å². The van der Waals surface area contributed by atoms with Gasteiger partial charge in [-0.1, -0.05) is 24.3 Å². The third-order valence-corrected chi connectivity index (χ3v) is 6.22. The number of rotatable bonds is 4. The standard InChI is InChI=1S/C21H15N3O5S/c25-20-17-18(16-7-4-12-30-16)23(14-5-2-1-3-6-14)29-19(17)21(26)22(20)13-8-10-15(11-9-13)24(27)28/h1-12,17-19H/t17-,18-,19+/m1/s1. The van der Waals surface area contributed by atoms with Crippen molar-refractivity contribution in [2.45, 2.75) is 12.1 Å². The Morgan fingerprint density at radius 1 is 0.900 bits per heavy atom. The van der Waals surface area contributed by atoms with E-state index in [4.69, 9.17) is 4.84 Å². The lowest BCUT2D eigenvalue weighted by molar-refractivity contribution is -0.384. The van der Waals surface area contributed by atoms with E-state index in [1.165, 1.54) is 35.6 Å². The molecular formula is C21H15N3O5S. The number of fused-ring (bicyclic) bond motifs is 1. The fourth-order valence-corrected chi connectivity index (χ4v) is 4.79. The number of nitrogens with zero attached hydrogens (tertiary/aromatic N) is 3. The maximum Gasteiger partial charge on any atom is 0.269 e. The van der Waals surface area contributed by atoms with Crippen LogP contribution in [0.1, 0.15) is 10.9 Å². The van der Waals surface area contributed by atoms with Crippen LogP contribution < -0.4 is 9.96 Å². The number of anilines is 2. The van der Waals surface area contributed by atoms with Gasteiger partial charge in [-0.2, -0.15) is 0 Å². The van der Waals surface area contributed by atoms with Crippen LogP contribution in [-0.2, 0) is 14.4 Å². The van der Waals surface area contributed by atoms with Crippen LogP contribution in [0.3, 0.4) is 0 Å². The second-order valence-corrected chi connectivity index (χ2v) is 7.94. The molecule has 5 rings (SSSR count). The zero-order chi connectivity index (χ0) is 20.8. The molecule has 8 nitrogen and oxygen atoms in total. The highest BCUT2D eigenvalue weighted by Gasteiger charge is 2.60. The number of carbonyl (C=O) groups excluding carboxylic acids is 2. The molecule has 0 N–H and O–H groups in total. The Bertz CT molecular complexity index is 1120. The molecule has 1 aromatic heterocycles. The van der Waals surface area contributed by atoms with Gasteiger partial charge in [-0.05, 0) is 35.7 Å². The second-order valence-electron chi connectivity index (χ2n) is 6.96. The monoisotopic (exact) mass is 421 g/mol. The molecule has 2 saturated heterocycles. The normalized spacial score (nSPS) is 23.1. The van der Waals surface area contributed by atoms with Gasteiger partial charge in [0.25, 0.3) is 11.6 Å². The van der Waals surface area contributed by atoms with E-state index < -0.39 is 28.9 Å².